The van der Waals surface area contributed by atoms with Crippen molar-refractivity contribution in [3.63, 3.8) is 0 Å². The highest BCUT2D eigenvalue weighted by Gasteiger charge is 2.23. The summed E-state index contributed by atoms with van der Waals surface area (Å²) in [6.07, 6.45) is -2.60. The van der Waals surface area contributed by atoms with E-state index in [1.807, 2.05) is 42.5 Å². The number of hydrogen-bond donors (Lipinski definition) is 4. The van der Waals surface area contributed by atoms with Gasteiger partial charge < -0.3 is 26.0 Å². The van der Waals surface area contributed by atoms with Crippen LogP contribution in [0, 0.1) is 0 Å². The first kappa shape index (κ1) is 21.7. The van der Waals surface area contributed by atoms with Crippen LogP contribution in [0.5, 0.6) is 0 Å². The van der Waals surface area contributed by atoms with Crippen LogP contribution in [0.3, 0.4) is 0 Å². The molecule has 2 aromatic carbocycles. The molecule has 0 heterocycles. The zero-order valence-corrected chi connectivity index (χ0v) is 16.7. The summed E-state index contributed by atoms with van der Waals surface area (Å²) in [6, 6.07) is 14.8. The highest BCUT2D eigenvalue weighted by molar-refractivity contribution is 5.67. The number of carbonyl (C=O) groups excluding carboxylic acids is 1. The fraction of sp³-hybridized carbons (Fsp3) is 0.409. The molecule has 6 nitrogen and oxygen atoms in total. The van der Waals surface area contributed by atoms with Crippen LogP contribution in [-0.4, -0.2) is 29.0 Å². The molecule has 5 N–H and O–H groups in total. The number of nitrogens with one attached hydrogen (secondary N) is 1. The Balaban J connectivity index is 1.84. The number of anilines is 1. The monoisotopic (exact) mass is 386 g/mol. The van der Waals surface area contributed by atoms with Crippen molar-refractivity contribution >= 4 is 11.8 Å². The SMILES string of the molecule is CC(C)(C)c1ccc(N)c(C(O)C(O)CCNC(=O)OCc2ccccc2)c1. The lowest BCUT2D eigenvalue weighted by Crippen LogP contribution is -2.30. The van der Waals surface area contributed by atoms with Gasteiger partial charge in [-0.15, -0.1) is 0 Å². The van der Waals surface area contributed by atoms with E-state index in [2.05, 4.69) is 26.1 Å². The number of benzene rings is 2. The molecule has 0 aliphatic carbocycles. The number of carbonyl (C=O) groups is 1. The second-order valence-electron chi connectivity index (χ2n) is 7.88. The Morgan fingerprint density at radius 2 is 1.82 bits per heavy atom. The summed E-state index contributed by atoms with van der Waals surface area (Å²) in [5, 5.41) is 23.4. The van der Waals surface area contributed by atoms with Crippen LogP contribution >= 0.6 is 0 Å². The molecule has 0 radical (unpaired) electrons. The standard InChI is InChI=1S/C22H30N2O4/c1-22(2,3)16-9-10-18(23)17(13-16)20(26)19(25)11-12-24-21(27)28-14-15-7-5-4-6-8-15/h4-10,13,19-20,25-26H,11-12,14,23H2,1-3H3,(H,24,27). The van der Waals surface area contributed by atoms with Gasteiger partial charge in [-0.25, -0.2) is 4.79 Å². The molecule has 0 fully saturated rings. The number of alkyl carbamates (subject to hydrolysis) is 1. The molecule has 0 aliphatic heterocycles. The molecule has 0 bridgehead atoms. The van der Waals surface area contributed by atoms with Crippen molar-refractivity contribution in [1.29, 1.82) is 0 Å². The molecular weight excluding hydrogens is 356 g/mol. The van der Waals surface area contributed by atoms with Crippen LogP contribution in [0.25, 0.3) is 0 Å². The average Bonchev–Trinajstić information content (AvgIpc) is 2.66. The molecule has 0 saturated carbocycles. The van der Waals surface area contributed by atoms with Crippen molar-refractivity contribution < 1.29 is 19.7 Å². The number of nitrogen functional groups attached to an aromatic ring is 1. The van der Waals surface area contributed by atoms with E-state index in [1.54, 1.807) is 6.07 Å². The summed E-state index contributed by atoms with van der Waals surface area (Å²) in [5.41, 5.74) is 8.71. The van der Waals surface area contributed by atoms with Gasteiger partial charge >= 0.3 is 6.09 Å². The van der Waals surface area contributed by atoms with Gasteiger partial charge in [0, 0.05) is 17.8 Å². The van der Waals surface area contributed by atoms with Crippen molar-refractivity contribution in [2.75, 3.05) is 12.3 Å². The molecule has 2 atom stereocenters. The van der Waals surface area contributed by atoms with Crippen LogP contribution in [0.15, 0.2) is 48.5 Å². The summed E-state index contributed by atoms with van der Waals surface area (Å²) in [4.78, 5) is 11.7. The van der Waals surface area contributed by atoms with Crippen molar-refractivity contribution in [3.8, 4) is 0 Å². The van der Waals surface area contributed by atoms with E-state index in [4.69, 9.17) is 10.5 Å². The smallest absolute Gasteiger partial charge is 0.407 e. The second kappa shape index (κ2) is 9.57. The number of hydrogen-bond acceptors (Lipinski definition) is 5. The van der Waals surface area contributed by atoms with Crippen LogP contribution in [-0.2, 0) is 16.8 Å². The fourth-order valence-corrected chi connectivity index (χ4v) is 2.76. The number of rotatable bonds is 7. The maximum atomic E-state index is 11.7. The summed E-state index contributed by atoms with van der Waals surface area (Å²) in [5.74, 6) is 0. The number of amides is 1. The Hall–Kier alpha value is -2.57. The molecule has 0 saturated heterocycles. The molecule has 6 heteroatoms. The molecule has 2 unspecified atom stereocenters. The van der Waals surface area contributed by atoms with Crippen molar-refractivity contribution in [1.82, 2.24) is 5.32 Å². The number of nitrogens with two attached hydrogens (primary N) is 1. The molecule has 2 rings (SSSR count). The molecule has 2 aromatic rings. The van der Waals surface area contributed by atoms with Gasteiger partial charge in [0.05, 0.1) is 6.10 Å². The molecular formula is C22H30N2O4. The van der Waals surface area contributed by atoms with Crippen molar-refractivity contribution in [2.45, 2.75) is 51.4 Å². The molecule has 1 amide bonds. The van der Waals surface area contributed by atoms with Crippen molar-refractivity contribution in [2.24, 2.45) is 0 Å². The first-order valence-electron chi connectivity index (χ1n) is 9.39. The lowest BCUT2D eigenvalue weighted by atomic mass is 9.84. The lowest BCUT2D eigenvalue weighted by Gasteiger charge is -2.24. The fourth-order valence-electron chi connectivity index (χ4n) is 2.76. The average molecular weight is 386 g/mol. The van der Waals surface area contributed by atoms with Gasteiger partial charge in [0.25, 0.3) is 0 Å². The zero-order chi connectivity index (χ0) is 20.7. The predicted octanol–water partition coefficient (Wildman–Crippen LogP) is 3.28. The van der Waals surface area contributed by atoms with E-state index in [0.29, 0.717) is 11.3 Å². The molecule has 152 valence electrons. The van der Waals surface area contributed by atoms with Crippen LogP contribution in [0.1, 0.15) is 50.0 Å². The second-order valence-corrected chi connectivity index (χ2v) is 7.88. The molecule has 28 heavy (non-hydrogen) atoms. The predicted molar refractivity (Wildman–Crippen MR) is 110 cm³/mol. The first-order chi connectivity index (χ1) is 13.2. The maximum Gasteiger partial charge on any atom is 0.407 e. The summed E-state index contributed by atoms with van der Waals surface area (Å²) < 4.78 is 5.11. The Kier molecular flexibility index (Phi) is 7.43. The van der Waals surface area contributed by atoms with Crippen molar-refractivity contribution in [3.05, 3.63) is 65.2 Å². The number of aliphatic hydroxyl groups is 2. The summed E-state index contributed by atoms with van der Waals surface area (Å²) in [6.45, 7) is 6.54. The zero-order valence-electron chi connectivity index (χ0n) is 16.7. The number of aliphatic hydroxyl groups excluding tert-OH is 2. The van der Waals surface area contributed by atoms with Gasteiger partial charge in [0.2, 0.25) is 0 Å². The summed E-state index contributed by atoms with van der Waals surface area (Å²) in [7, 11) is 0. The molecule has 0 aromatic heterocycles. The Morgan fingerprint density at radius 3 is 2.46 bits per heavy atom. The first-order valence-corrected chi connectivity index (χ1v) is 9.39. The van der Waals surface area contributed by atoms with Gasteiger partial charge in [0.1, 0.15) is 12.7 Å². The minimum atomic E-state index is -1.13. The van der Waals surface area contributed by atoms with Crippen LogP contribution < -0.4 is 11.1 Å². The van der Waals surface area contributed by atoms with E-state index < -0.39 is 18.3 Å². The van der Waals surface area contributed by atoms with E-state index in [9.17, 15) is 15.0 Å². The third-order valence-electron chi connectivity index (χ3n) is 4.56. The largest absolute Gasteiger partial charge is 0.445 e. The Bertz CT molecular complexity index is 772. The van der Waals surface area contributed by atoms with E-state index in [0.717, 1.165) is 11.1 Å². The highest BCUT2D eigenvalue weighted by atomic mass is 16.5. The van der Waals surface area contributed by atoms with Gasteiger partial charge in [-0.3, -0.25) is 0 Å². The third kappa shape index (κ3) is 6.25. The van der Waals surface area contributed by atoms with Gasteiger partial charge in [-0.05, 0) is 29.0 Å². The summed E-state index contributed by atoms with van der Waals surface area (Å²) >= 11 is 0. The van der Waals surface area contributed by atoms with Crippen LogP contribution in [0.4, 0.5) is 10.5 Å². The van der Waals surface area contributed by atoms with E-state index in [-0.39, 0.29) is 25.0 Å². The topological polar surface area (TPSA) is 105 Å². The van der Waals surface area contributed by atoms with E-state index in [1.165, 1.54) is 0 Å². The molecule has 0 aliphatic rings. The molecule has 0 spiro atoms. The van der Waals surface area contributed by atoms with Gasteiger partial charge in [-0.2, -0.15) is 0 Å². The maximum absolute atomic E-state index is 11.7. The Morgan fingerprint density at radius 1 is 1.14 bits per heavy atom. The minimum absolute atomic E-state index is 0.100. The van der Waals surface area contributed by atoms with E-state index >= 15 is 0 Å². The quantitative estimate of drug-likeness (QED) is 0.547. The minimum Gasteiger partial charge on any atom is -0.445 e. The number of ether oxygens (including phenoxy) is 1. The van der Waals surface area contributed by atoms with Crippen LogP contribution in [0.2, 0.25) is 0 Å². The highest BCUT2D eigenvalue weighted by Crippen LogP contribution is 2.30. The third-order valence-corrected chi connectivity index (χ3v) is 4.56. The van der Waals surface area contributed by atoms with Gasteiger partial charge in [0.15, 0.2) is 0 Å². The lowest BCUT2D eigenvalue weighted by molar-refractivity contribution is 0.0140. The normalized spacial score (nSPS) is 13.6. The Labute approximate surface area is 166 Å². The van der Waals surface area contributed by atoms with Gasteiger partial charge in [-0.1, -0.05) is 63.2 Å².